The third kappa shape index (κ3) is 8.11. The predicted octanol–water partition coefficient (Wildman–Crippen LogP) is 4.20. The van der Waals surface area contributed by atoms with Crippen molar-refractivity contribution in [3.05, 3.63) is 119 Å². The molecule has 0 spiro atoms. The fourth-order valence-electron chi connectivity index (χ4n) is 8.74. The van der Waals surface area contributed by atoms with Gasteiger partial charge in [-0.2, -0.15) is 5.01 Å². The lowest BCUT2D eigenvalue weighted by molar-refractivity contribution is -0.146. The summed E-state index contributed by atoms with van der Waals surface area (Å²) in [5, 5.41) is 41.4. The molecule has 1 aromatic heterocycles. The Morgan fingerprint density at radius 2 is 1.41 bits per heavy atom. The van der Waals surface area contributed by atoms with E-state index in [0.29, 0.717) is 19.5 Å². The van der Waals surface area contributed by atoms with E-state index in [1.54, 1.807) is 10.0 Å². The lowest BCUT2D eigenvalue weighted by atomic mass is 9.89. The first-order chi connectivity index (χ1) is 30.6. The minimum absolute atomic E-state index is 0.0139. The Balaban J connectivity index is 0.996. The highest BCUT2D eigenvalue weighted by Gasteiger charge is 2.44. The first kappa shape index (κ1) is 44.8. The van der Waals surface area contributed by atoms with Gasteiger partial charge in [0, 0.05) is 62.8 Å². The average Bonchev–Trinajstić information content (AvgIpc) is 3.44. The number of pyridine rings is 1. The number of aromatic nitrogens is 1. The zero-order valence-electron chi connectivity index (χ0n) is 34.0. The highest BCUT2D eigenvalue weighted by molar-refractivity contribution is 6.31. The molecule has 3 saturated heterocycles. The predicted molar refractivity (Wildman–Crippen MR) is 221 cm³/mol. The maximum absolute atomic E-state index is 16.5. The van der Waals surface area contributed by atoms with E-state index < -0.39 is 116 Å². The Hall–Kier alpha value is -5.83. The molecule has 22 heteroatoms. The molecule has 2 aromatic carbocycles. The van der Waals surface area contributed by atoms with Gasteiger partial charge in [0.05, 0.1) is 22.3 Å². The largest absolute Gasteiger partial charge is 0.507 e. The van der Waals surface area contributed by atoms with Crippen LogP contribution in [0.25, 0.3) is 0 Å². The van der Waals surface area contributed by atoms with Crippen molar-refractivity contribution in [2.45, 2.75) is 70.1 Å². The molecule has 4 bridgehead atoms. The Morgan fingerprint density at radius 1 is 0.750 bits per heavy atom. The van der Waals surface area contributed by atoms with E-state index in [2.05, 4.69) is 10.6 Å². The van der Waals surface area contributed by atoms with Crippen molar-refractivity contribution >= 4 is 46.8 Å². The van der Waals surface area contributed by atoms with Crippen molar-refractivity contribution in [3.8, 4) is 5.75 Å². The molecule has 0 saturated carbocycles. The second-order valence-corrected chi connectivity index (χ2v) is 17.0. The number of hydrazine groups is 1. The number of aromatic hydroxyl groups is 1. The number of aliphatic hydroxyl groups excluding tert-OH is 2. The van der Waals surface area contributed by atoms with Gasteiger partial charge in [-0.15, -0.1) is 0 Å². The summed E-state index contributed by atoms with van der Waals surface area (Å²) in [6.07, 6.45) is 4.26. The second kappa shape index (κ2) is 18.0. The maximum atomic E-state index is 16.5. The van der Waals surface area contributed by atoms with E-state index in [4.69, 9.17) is 23.2 Å². The lowest BCUT2D eigenvalue weighted by Crippen LogP contribution is -2.58. The quantitative estimate of drug-likeness (QED) is 0.169. The van der Waals surface area contributed by atoms with E-state index in [9.17, 15) is 48.1 Å². The van der Waals surface area contributed by atoms with Crippen LogP contribution in [0.15, 0.2) is 52.4 Å². The van der Waals surface area contributed by atoms with E-state index in [1.807, 2.05) is 0 Å². The molecule has 3 unspecified atom stereocenters. The van der Waals surface area contributed by atoms with Gasteiger partial charge in [0.2, 0.25) is 5.43 Å². The minimum atomic E-state index is -1.99. The molecule has 5 aliphatic rings. The number of halogens is 6. The van der Waals surface area contributed by atoms with Crippen LogP contribution in [0.2, 0.25) is 10.0 Å². The second-order valence-electron chi connectivity index (χ2n) is 16.1. The molecule has 3 aromatic rings. The smallest absolute Gasteiger partial charge is 0.277 e. The lowest BCUT2D eigenvalue weighted by Gasteiger charge is -2.46. The molecule has 8 rings (SSSR count). The number of rotatable bonds is 7. The molecule has 4 amide bonds. The number of carbonyl (C=O) groups is 4. The number of carbonyl (C=O) groups excluding carboxylic acids is 4. The van der Waals surface area contributed by atoms with Crippen molar-refractivity contribution in [3.63, 3.8) is 0 Å². The number of nitrogens with one attached hydrogen (secondary N) is 2. The van der Waals surface area contributed by atoms with E-state index in [0.717, 1.165) is 56.3 Å². The van der Waals surface area contributed by atoms with Crippen LogP contribution in [-0.4, -0.2) is 109 Å². The standard InChI is InChI=1S/C42H42Cl2F4N8O8/c43-27-7-8-29(45)23(31(27)47)15-49-39(61)25-18-56-34(38(60)35(25)57)42(64)52-13-9-21(6-5-12-54(56)20-52)22-14-28(44)32(48)24(30(22)46)16-50-40(62)26-17-55-33(37(59)36(26)58)41(63)51-10-3-1-2-4-11-53(55)19-51/h7-8,14,17-18,21,35,57,59-60H,1-6,9-13,15-16,19-20H2,(H,49,61)(H,50,62). The molecule has 5 aliphatic heterocycles. The third-order valence-electron chi connectivity index (χ3n) is 12.2. The molecule has 340 valence electrons. The van der Waals surface area contributed by atoms with Gasteiger partial charge in [0.25, 0.3) is 23.6 Å². The highest BCUT2D eigenvalue weighted by Crippen LogP contribution is 2.37. The van der Waals surface area contributed by atoms with Crippen LogP contribution < -0.4 is 21.1 Å². The summed E-state index contributed by atoms with van der Waals surface area (Å²) in [7, 11) is 0. The van der Waals surface area contributed by atoms with Gasteiger partial charge in [-0.1, -0.05) is 36.0 Å². The van der Waals surface area contributed by atoms with Crippen LogP contribution in [0.1, 0.15) is 88.4 Å². The summed E-state index contributed by atoms with van der Waals surface area (Å²) >= 11 is 12.1. The molecule has 16 nitrogen and oxygen atoms in total. The monoisotopic (exact) mass is 932 g/mol. The van der Waals surface area contributed by atoms with Crippen LogP contribution in [0.3, 0.4) is 0 Å². The van der Waals surface area contributed by atoms with Crippen molar-refractivity contribution < 1.29 is 52.1 Å². The molecule has 64 heavy (non-hydrogen) atoms. The Bertz CT molecular complexity index is 2590. The van der Waals surface area contributed by atoms with Gasteiger partial charge in [-0.05, 0) is 61.8 Å². The van der Waals surface area contributed by atoms with Gasteiger partial charge in [0.15, 0.2) is 22.9 Å². The van der Waals surface area contributed by atoms with Gasteiger partial charge >= 0.3 is 0 Å². The average molecular weight is 934 g/mol. The summed E-state index contributed by atoms with van der Waals surface area (Å²) in [6.45, 7) is -0.282. The maximum Gasteiger partial charge on any atom is 0.277 e. The van der Waals surface area contributed by atoms with Crippen LogP contribution in [0.5, 0.6) is 5.75 Å². The fraction of sp³-hybridized carbons (Fsp3) is 0.405. The normalized spacial score (nSPS) is 21.4. The summed E-state index contributed by atoms with van der Waals surface area (Å²) < 4.78 is 62.2. The van der Waals surface area contributed by atoms with Crippen molar-refractivity contribution in [1.29, 1.82) is 0 Å². The SMILES string of the molecule is O=C(NCc1c(F)ccc(Cl)c1F)C1=CN2C(=C(O)C1O)C(=O)N1CCC(c3cc(Cl)c(F)c(CNC(=O)c4cn5c(c(O)c4=O)C(=O)N4CCCCCCN5C4)c3F)CCCN2C1. The molecule has 3 fully saturated rings. The topological polar surface area (TPSA) is 191 Å². The van der Waals surface area contributed by atoms with Crippen molar-refractivity contribution in [2.75, 3.05) is 44.5 Å². The summed E-state index contributed by atoms with van der Waals surface area (Å²) in [5.41, 5.74) is -3.93. The summed E-state index contributed by atoms with van der Waals surface area (Å²) in [6, 6.07) is 3.06. The number of benzene rings is 2. The number of hydrogen-bond acceptors (Lipinski definition) is 11. The number of nitrogens with zero attached hydrogens (tertiary/aromatic N) is 6. The van der Waals surface area contributed by atoms with E-state index in [1.165, 1.54) is 19.5 Å². The first-order valence-electron chi connectivity index (χ1n) is 20.6. The summed E-state index contributed by atoms with van der Waals surface area (Å²) in [5.74, 6) is -10.1. The number of fused-ring (bicyclic) bond motifs is 8. The van der Waals surface area contributed by atoms with Crippen LogP contribution in [0, 0.1) is 23.3 Å². The van der Waals surface area contributed by atoms with Gasteiger partial charge < -0.3 is 35.8 Å². The summed E-state index contributed by atoms with van der Waals surface area (Å²) in [4.78, 5) is 70.0. The fourth-order valence-corrected chi connectivity index (χ4v) is 9.15. The molecule has 0 radical (unpaired) electrons. The zero-order chi connectivity index (χ0) is 45.7. The van der Waals surface area contributed by atoms with Crippen LogP contribution >= 0.6 is 23.2 Å². The molecular formula is C42H42Cl2F4N8O8. The van der Waals surface area contributed by atoms with Gasteiger partial charge in [-0.3, -0.25) is 38.7 Å². The van der Waals surface area contributed by atoms with E-state index in [-0.39, 0.29) is 61.2 Å². The van der Waals surface area contributed by atoms with Crippen LogP contribution in [-0.2, 0) is 22.7 Å². The van der Waals surface area contributed by atoms with Gasteiger partial charge in [-0.25, -0.2) is 17.6 Å². The van der Waals surface area contributed by atoms with Crippen molar-refractivity contribution in [1.82, 2.24) is 35.1 Å². The number of aliphatic hydroxyl groups is 2. The Morgan fingerprint density at radius 3 is 2.17 bits per heavy atom. The third-order valence-corrected chi connectivity index (χ3v) is 12.8. The number of amides is 4. The Labute approximate surface area is 372 Å². The Kier molecular flexibility index (Phi) is 12.6. The molecule has 3 atom stereocenters. The van der Waals surface area contributed by atoms with Crippen molar-refractivity contribution in [2.24, 2.45) is 0 Å². The first-order valence-corrected chi connectivity index (χ1v) is 21.4. The number of hydrogen-bond donors (Lipinski definition) is 5. The highest BCUT2D eigenvalue weighted by atomic mass is 35.5. The molecule has 0 aliphatic carbocycles. The van der Waals surface area contributed by atoms with E-state index >= 15 is 8.78 Å². The zero-order valence-corrected chi connectivity index (χ0v) is 35.5. The molecule has 5 N–H and O–H groups in total. The molecule has 6 heterocycles. The molecular weight excluding hydrogens is 891 g/mol. The minimum Gasteiger partial charge on any atom is -0.507 e. The van der Waals surface area contributed by atoms with Crippen LogP contribution in [0.4, 0.5) is 17.6 Å². The van der Waals surface area contributed by atoms with Gasteiger partial charge in [0.1, 0.15) is 41.6 Å².